The van der Waals surface area contributed by atoms with Crippen molar-refractivity contribution in [1.82, 2.24) is 0 Å². The Morgan fingerprint density at radius 2 is 2.42 bits per heavy atom. The van der Waals surface area contributed by atoms with Gasteiger partial charge in [0.25, 0.3) is 0 Å². The van der Waals surface area contributed by atoms with E-state index in [1.807, 2.05) is 0 Å². The van der Waals surface area contributed by atoms with Gasteiger partial charge in [-0.15, -0.1) is 0 Å². The minimum absolute atomic E-state index is 0.824. The molecule has 1 aliphatic heterocycles. The lowest BCUT2D eigenvalue weighted by Gasteiger charge is -2.12. The van der Waals surface area contributed by atoms with Crippen molar-refractivity contribution in [2.75, 3.05) is 13.2 Å². The van der Waals surface area contributed by atoms with Crippen molar-refractivity contribution in [2.24, 2.45) is 0 Å². The fourth-order valence-electron chi connectivity index (χ4n) is 1.34. The van der Waals surface area contributed by atoms with Crippen LogP contribution in [-0.2, 0) is 4.74 Å². The molecule has 1 heteroatoms. The molecule has 0 unspecified atom stereocenters. The number of rotatable bonds is 3. The zero-order valence-corrected chi connectivity index (χ0v) is 8.10. The van der Waals surface area contributed by atoms with Crippen molar-refractivity contribution >= 4 is 0 Å². The van der Waals surface area contributed by atoms with Crippen molar-refractivity contribution in [1.29, 1.82) is 0 Å². The van der Waals surface area contributed by atoms with Gasteiger partial charge in [-0.2, -0.15) is 0 Å². The largest absolute Gasteiger partial charge is 0.377 e. The summed E-state index contributed by atoms with van der Waals surface area (Å²) in [6.45, 7) is 6.04. The first-order valence-electron chi connectivity index (χ1n) is 4.68. The van der Waals surface area contributed by atoms with E-state index in [9.17, 15) is 0 Å². The van der Waals surface area contributed by atoms with E-state index in [0.29, 0.717) is 0 Å². The molecule has 0 aromatic heterocycles. The molecule has 1 aliphatic rings. The smallest absolute Gasteiger partial charge is 0.0650 e. The maximum atomic E-state index is 5.24. The van der Waals surface area contributed by atoms with Crippen LogP contribution in [0.4, 0.5) is 0 Å². The van der Waals surface area contributed by atoms with E-state index in [2.05, 4.69) is 26.0 Å². The molecule has 0 aliphatic carbocycles. The van der Waals surface area contributed by atoms with Gasteiger partial charge in [0.2, 0.25) is 0 Å². The third-order valence-electron chi connectivity index (χ3n) is 2.08. The molecule has 1 heterocycles. The highest BCUT2D eigenvalue weighted by molar-refractivity contribution is 5.06. The first-order valence-corrected chi connectivity index (χ1v) is 4.68. The molecule has 1 rings (SSSR count). The van der Waals surface area contributed by atoms with Crippen LogP contribution in [0.2, 0.25) is 0 Å². The van der Waals surface area contributed by atoms with Gasteiger partial charge in [0.15, 0.2) is 0 Å². The van der Waals surface area contributed by atoms with Crippen LogP contribution >= 0.6 is 0 Å². The first-order chi connectivity index (χ1) is 5.79. The molecular weight excluding hydrogens is 148 g/mol. The first kappa shape index (κ1) is 9.53. The molecule has 0 aromatic rings. The summed E-state index contributed by atoms with van der Waals surface area (Å²) in [4.78, 5) is 0. The lowest BCUT2D eigenvalue weighted by atomic mass is 10.0. The summed E-state index contributed by atoms with van der Waals surface area (Å²) in [7, 11) is 0. The van der Waals surface area contributed by atoms with Crippen molar-refractivity contribution < 1.29 is 4.74 Å². The number of allylic oxidation sites excluding steroid dienone is 2. The molecule has 0 atom stereocenters. The van der Waals surface area contributed by atoms with Crippen LogP contribution in [0.15, 0.2) is 23.3 Å². The maximum Gasteiger partial charge on any atom is 0.0650 e. The minimum Gasteiger partial charge on any atom is -0.377 e. The Bertz CT molecular complexity index is 185. The number of ether oxygens (including phenoxy) is 1. The molecule has 12 heavy (non-hydrogen) atoms. The standard InChI is InChI=1S/C11H18O/c1-10(2)4-3-5-11-6-8-12-9-7-11/h4,6H,3,5,7-9H2,1-2H3. The van der Waals surface area contributed by atoms with Crippen LogP contribution in [0.25, 0.3) is 0 Å². The molecule has 0 saturated carbocycles. The van der Waals surface area contributed by atoms with Crippen LogP contribution < -0.4 is 0 Å². The summed E-state index contributed by atoms with van der Waals surface area (Å²) < 4.78 is 5.24. The van der Waals surface area contributed by atoms with Gasteiger partial charge in [-0.3, -0.25) is 0 Å². The van der Waals surface area contributed by atoms with E-state index in [4.69, 9.17) is 4.74 Å². The molecule has 0 saturated heterocycles. The molecule has 0 radical (unpaired) electrons. The Balaban J connectivity index is 2.22. The molecule has 1 nitrogen and oxygen atoms in total. The zero-order valence-electron chi connectivity index (χ0n) is 8.10. The summed E-state index contributed by atoms with van der Waals surface area (Å²) >= 11 is 0. The highest BCUT2D eigenvalue weighted by atomic mass is 16.5. The van der Waals surface area contributed by atoms with E-state index in [1.165, 1.54) is 18.4 Å². The highest BCUT2D eigenvalue weighted by Crippen LogP contribution is 2.14. The fourth-order valence-corrected chi connectivity index (χ4v) is 1.34. The van der Waals surface area contributed by atoms with Crippen molar-refractivity contribution in [3.63, 3.8) is 0 Å². The van der Waals surface area contributed by atoms with Crippen molar-refractivity contribution in [2.45, 2.75) is 33.1 Å². The molecule has 0 spiro atoms. The van der Waals surface area contributed by atoms with Gasteiger partial charge in [-0.1, -0.05) is 23.3 Å². The molecular formula is C11H18O. The molecule has 0 bridgehead atoms. The predicted molar refractivity (Wildman–Crippen MR) is 52.2 cm³/mol. The Morgan fingerprint density at radius 3 is 3.00 bits per heavy atom. The monoisotopic (exact) mass is 166 g/mol. The van der Waals surface area contributed by atoms with Crippen LogP contribution in [0.3, 0.4) is 0 Å². The third-order valence-corrected chi connectivity index (χ3v) is 2.08. The topological polar surface area (TPSA) is 9.23 Å². The highest BCUT2D eigenvalue weighted by Gasteiger charge is 2.01. The molecule has 68 valence electrons. The lowest BCUT2D eigenvalue weighted by molar-refractivity contribution is 0.153. The SMILES string of the molecule is CC(C)=CCCC1=CCOCC1. The molecule has 0 fully saturated rings. The summed E-state index contributed by atoms with van der Waals surface area (Å²) in [6, 6.07) is 0. The Kier molecular flexibility index (Phi) is 4.09. The summed E-state index contributed by atoms with van der Waals surface area (Å²) in [5.41, 5.74) is 2.99. The number of hydrogen-bond acceptors (Lipinski definition) is 1. The van der Waals surface area contributed by atoms with Gasteiger partial charge >= 0.3 is 0 Å². The quantitative estimate of drug-likeness (QED) is 0.585. The number of hydrogen-bond donors (Lipinski definition) is 0. The maximum absolute atomic E-state index is 5.24. The minimum atomic E-state index is 0.824. The molecule has 0 aromatic carbocycles. The van der Waals surface area contributed by atoms with Gasteiger partial charge in [0.1, 0.15) is 0 Å². The zero-order chi connectivity index (χ0) is 8.81. The second-order valence-corrected chi connectivity index (χ2v) is 3.51. The van der Waals surface area contributed by atoms with E-state index in [1.54, 1.807) is 5.57 Å². The van der Waals surface area contributed by atoms with Crippen molar-refractivity contribution in [3.05, 3.63) is 23.3 Å². The van der Waals surface area contributed by atoms with Gasteiger partial charge in [-0.25, -0.2) is 0 Å². The van der Waals surface area contributed by atoms with Crippen LogP contribution in [0.1, 0.15) is 33.1 Å². The average Bonchev–Trinajstić information content (AvgIpc) is 2.05. The third kappa shape index (κ3) is 3.72. The lowest BCUT2D eigenvalue weighted by Crippen LogP contribution is -2.03. The van der Waals surface area contributed by atoms with Gasteiger partial charge < -0.3 is 4.74 Å². The van der Waals surface area contributed by atoms with Crippen LogP contribution in [0.5, 0.6) is 0 Å². The van der Waals surface area contributed by atoms with Crippen LogP contribution in [0, 0.1) is 0 Å². The van der Waals surface area contributed by atoms with Crippen LogP contribution in [-0.4, -0.2) is 13.2 Å². The molecule has 0 amide bonds. The normalized spacial score (nSPS) is 17.0. The van der Waals surface area contributed by atoms with Gasteiger partial charge in [-0.05, 0) is 33.1 Å². The second kappa shape index (κ2) is 5.15. The van der Waals surface area contributed by atoms with E-state index >= 15 is 0 Å². The van der Waals surface area contributed by atoms with E-state index < -0.39 is 0 Å². The van der Waals surface area contributed by atoms with E-state index in [0.717, 1.165) is 19.6 Å². The van der Waals surface area contributed by atoms with Crippen molar-refractivity contribution in [3.8, 4) is 0 Å². The van der Waals surface area contributed by atoms with Gasteiger partial charge in [0.05, 0.1) is 13.2 Å². The fraction of sp³-hybridized carbons (Fsp3) is 0.636. The Hall–Kier alpha value is -0.560. The summed E-state index contributed by atoms with van der Waals surface area (Å²) in [5.74, 6) is 0. The van der Waals surface area contributed by atoms with E-state index in [-0.39, 0.29) is 0 Å². The second-order valence-electron chi connectivity index (χ2n) is 3.51. The summed E-state index contributed by atoms with van der Waals surface area (Å²) in [6.07, 6.45) is 8.07. The molecule has 0 N–H and O–H groups in total. The van der Waals surface area contributed by atoms with Gasteiger partial charge in [0, 0.05) is 0 Å². The Labute approximate surface area is 75.1 Å². The predicted octanol–water partition coefficient (Wildman–Crippen LogP) is 3.08. The Morgan fingerprint density at radius 1 is 1.58 bits per heavy atom. The average molecular weight is 166 g/mol. The summed E-state index contributed by atoms with van der Waals surface area (Å²) in [5, 5.41) is 0.